The van der Waals surface area contributed by atoms with E-state index in [0.29, 0.717) is 30.0 Å². The van der Waals surface area contributed by atoms with Gasteiger partial charge in [-0.15, -0.1) is 0 Å². The van der Waals surface area contributed by atoms with Gasteiger partial charge in [0.25, 0.3) is 5.91 Å². The molecule has 2 N–H and O–H groups in total. The smallest absolute Gasteiger partial charge is 0.259 e. The molecule has 0 radical (unpaired) electrons. The number of amides is 2. The van der Waals surface area contributed by atoms with E-state index in [9.17, 15) is 9.59 Å². The van der Waals surface area contributed by atoms with Crippen LogP contribution in [0.2, 0.25) is 0 Å². The summed E-state index contributed by atoms with van der Waals surface area (Å²) >= 11 is 0. The van der Waals surface area contributed by atoms with Gasteiger partial charge < -0.3 is 20.4 Å². The van der Waals surface area contributed by atoms with Crippen LogP contribution in [0.1, 0.15) is 16.8 Å². The summed E-state index contributed by atoms with van der Waals surface area (Å²) in [5.41, 5.74) is 3.92. The third kappa shape index (κ3) is 4.03. The highest BCUT2D eigenvalue weighted by Gasteiger charge is 2.22. The number of rotatable bonds is 4. The lowest BCUT2D eigenvalue weighted by atomic mass is 10.1. The summed E-state index contributed by atoms with van der Waals surface area (Å²) in [7, 11) is 3.71. The molecule has 3 aromatic carbocycles. The number of anilines is 5. The van der Waals surface area contributed by atoms with Crippen molar-refractivity contribution in [2.45, 2.75) is 6.42 Å². The largest absolute Gasteiger partial charge is 0.362 e. The van der Waals surface area contributed by atoms with Gasteiger partial charge in [0.15, 0.2) is 0 Å². The maximum absolute atomic E-state index is 12.9. The van der Waals surface area contributed by atoms with Gasteiger partial charge in [-0.05, 0) is 47.9 Å². The molecule has 0 fully saturated rings. The highest BCUT2D eigenvalue weighted by molar-refractivity contribution is 6.09. The number of aromatic nitrogens is 1. The first-order valence-corrected chi connectivity index (χ1v) is 11.1. The quantitative estimate of drug-likeness (QED) is 0.455. The number of fused-ring (bicyclic) bond motifs is 3. The third-order valence-corrected chi connectivity index (χ3v) is 5.92. The van der Waals surface area contributed by atoms with E-state index in [1.54, 1.807) is 18.3 Å². The van der Waals surface area contributed by atoms with Crippen molar-refractivity contribution in [2.24, 2.45) is 0 Å². The van der Waals surface area contributed by atoms with Crippen LogP contribution in [-0.4, -0.2) is 37.4 Å². The molecule has 2 heterocycles. The van der Waals surface area contributed by atoms with Gasteiger partial charge in [0.2, 0.25) is 5.91 Å². The SMILES string of the molecule is CN(C)c1ncccc1C(=O)Nc1ccc(N2CCC(=O)Nc3c2ccc2ccccc32)cc1. The molecule has 1 aliphatic rings. The zero-order chi connectivity index (χ0) is 23.7. The predicted octanol–water partition coefficient (Wildman–Crippen LogP) is 5.03. The first kappa shape index (κ1) is 21.5. The van der Waals surface area contributed by atoms with Crippen LogP contribution in [0.3, 0.4) is 0 Å². The van der Waals surface area contributed by atoms with E-state index in [1.165, 1.54) is 0 Å². The van der Waals surface area contributed by atoms with Crippen molar-refractivity contribution in [3.8, 4) is 0 Å². The molecule has 0 saturated heterocycles. The van der Waals surface area contributed by atoms with Crippen LogP contribution in [-0.2, 0) is 4.79 Å². The lowest BCUT2D eigenvalue weighted by molar-refractivity contribution is -0.115. The highest BCUT2D eigenvalue weighted by atomic mass is 16.2. The average Bonchev–Trinajstić information content (AvgIpc) is 3.03. The van der Waals surface area contributed by atoms with Gasteiger partial charge in [-0.25, -0.2) is 4.98 Å². The van der Waals surface area contributed by atoms with Crippen molar-refractivity contribution in [3.63, 3.8) is 0 Å². The fourth-order valence-electron chi connectivity index (χ4n) is 4.27. The van der Waals surface area contributed by atoms with E-state index >= 15 is 0 Å². The van der Waals surface area contributed by atoms with Crippen molar-refractivity contribution in [1.82, 2.24) is 4.98 Å². The second-order valence-electron chi connectivity index (χ2n) is 8.40. The van der Waals surface area contributed by atoms with E-state index in [0.717, 1.165) is 27.8 Å². The van der Waals surface area contributed by atoms with Crippen LogP contribution in [0.5, 0.6) is 0 Å². The fraction of sp³-hybridized carbons (Fsp3) is 0.148. The summed E-state index contributed by atoms with van der Waals surface area (Å²) in [6, 6.07) is 23.3. The molecule has 0 bridgehead atoms. The van der Waals surface area contributed by atoms with E-state index in [4.69, 9.17) is 0 Å². The zero-order valence-corrected chi connectivity index (χ0v) is 19.1. The van der Waals surface area contributed by atoms with Crippen LogP contribution < -0.4 is 20.4 Å². The lowest BCUT2D eigenvalue weighted by Crippen LogP contribution is -2.20. The van der Waals surface area contributed by atoms with Gasteiger partial charge >= 0.3 is 0 Å². The van der Waals surface area contributed by atoms with Gasteiger partial charge in [-0.3, -0.25) is 9.59 Å². The summed E-state index contributed by atoms with van der Waals surface area (Å²) in [4.78, 5) is 33.6. The van der Waals surface area contributed by atoms with Crippen LogP contribution in [0.4, 0.5) is 28.6 Å². The first-order valence-electron chi connectivity index (χ1n) is 11.1. The molecular formula is C27H25N5O2. The number of hydrogen-bond acceptors (Lipinski definition) is 5. The molecule has 4 aromatic rings. The Labute approximate surface area is 198 Å². The van der Waals surface area contributed by atoms with E-state index < -0.39 is 0 Å². The van der Waals surface area contributed by atoms with Crippen molar-refractivity contribution in [1.29, 1.82) is 0 Å². The first-order chi connectivity index (χ1) is 16.5. The molecule has 7 heteroatoms. The fourth-order valence-corrected chi connectivity index (χ4v) is 4.27. The Morgan fingerprint density at radius 1 is 1.00 bits per heavy atom. The summed E-state index contributed by atoms with van der Waals surface area (Å²) in [6.07, 6.45) is 2.05. The molecule has 0 saturated carbocycles. The Balaban J connectivity index is 1.44. The summed E-state index contributed by atoms with van der Waals surface area (Å²) in [5.74, 6) is 0.394. The number of hydrogen-bond donors (Lipinski definition) is 2. The van der Waals surface area contributed by atoms with Crippen molar-refractivity contribution in [2.75, 3.05) is 41.1 Å². The van der Waals surface area contributed by atoms with Crippen LogP contribution in [0.15, 0.2) is 79.0 Å². The summed E-state index contributed by atoms with van der Waals surface area (Å²) < 4.78 is 0. The minimum atomic E-state index is -0.217. The molecule has 0 spiro atoms. The average molecular weight is 452 g/mol. The van der Waals surface area contributed by atoms with E-state index in [-0.39, 0.29) is 11.8 Å². The molecule has 0 unspecified atom stereocenters. The van der Waals surface area contributed by atoms with Crippen molar-refractivity contribution >= 4 is 51.2 Å². The summed E-state index contributed by atoms with van der Waals surface area (Å²) in [6.45, 7) is 0.560. The van der Waals surface area contributed by atoms with Crippen molar-refractivity contribution in [3.05, 3.63) is 84.6 Å². The molecule has 0 atom stereocenters. The second kappa shape index (κ2) is 8.86. The number of benzene rings is 3. The Morgan fingerprint density at radius 3 is 2.59 bits per heavy atom. The second-order valence-corrected chi connectivity index (χ2v) is 8.40. The minimum Gasteiger partial charge on any atom is -0.362 e. The number of carbonyl (C=O) groups is 2. The number of nitrogens with one attached hydrogen (secondary N) is 2. The number of pyridine rings is 1. The predicted molar refractivity (Wildman–Crippen MR) is 137 cm³/mol. The van der Waals surface area contributed by atoms with E-state index in [2.05, 4.69) is 26.6 Å². The summed E-state index contributed by atoms with van der Waals surface area (Å²) in [5, 5.41) is 8.13. The molecule has 1 aromatic heterocycles. The minimum absolute atomic E-state index is 0.00264. The van der Waals surface area contributed by atoms with Gasteiger partial charge in [-0.2, -0.15) is 0 Å². The molecule has 0 aliphatic carbocycles. The Hall–Kier alpha value is -4.39. The zero-order valence-electron chi connectivity index (χ0n) is 19.1. The highest BCUT2D eigenvalue weighted by Crippen LogP contribution is 2.39. The Morgan fingerprint density at radius 2 is 1.79 bits per heavy atom. The van der Waals surface area contributed by atoms with Gasteiger partial charge in [0.1, 0.15) is 5.82 Å². The lowest BCUT2D eigenvalue weighted by Gasteiger charge is -2.25. The topological polar surface area (TPSA) is 77.6 Å². The molecule has 170 valence electrons. The monoisotopic (exact) mass is 451 g/mol. The maximum Gasteiger partial charge on any atom is 0.259 e. The number of nitrogens with zero attached hydrogens (tertiary/aromatic N) is 3. The molecule has 34 heavy (non-hydrogen) atoms. The van der Waals surface area contributed by atoms with Gasteiger partial charge in [0, 0.05) is 50.0 Å². The standard InChI is InChI=1S/C27H25N5O2/c1-31(2)26-22(8-5-16-28-26)27(34)29-19-10-12-20(13-11-19)32-17-15-24(33)30-25-21-7-4-3-6-18(21)9-14-23(25)32/h3-14,16H,15,17H2,1-2H3,(H,29,34)(H,30,33). The molecule has 5 rings (SSSR count). The molecular weight excluding hydrogens is 426 g/mol. The molecule has 2 amide bonds. The third-order valence-electron chi connectivity index (χ3n) is 5.92. The van der Waals surface area contributed by atoms with Gasteiger partial charge in [-0.1, -0.05) is 30.3 Å². The van der Waals surface area contributed by atoms with E-state index in [1.807, 2.05) is 73.6 Å². The normalized spacial score (nSPS) is 13.1. The van der Waals surface area contributed by atoms with Crippen LogP contribution in [0.25, 0.3) is 10.8 Å². The number of carbonyl (C=O) groups excluding carboxylic acids is 2. The van der Waals surface area contributed by atoms with Crippen LogP contribution >= 0.6 is 0 Å². The Kier molecular flexibility index (Phi) is 5.59. The van der Waals surface area contributed by atoms with Gasteiger partial charge in [0.05, 0.1) is 16.9 Å². The Bertz CT molecular complexity index is 1380. The maximum atomic E-state index is 12.9. The van der Waals surface area contributed by atoms with Crippen molar-refractivity contribution < 1.29 is 9.59 Å². The molecule has 1 aliphatic heterocycles. The molecule has 7 nitrogen and oxygen atoms in total. The van der Waals surface area contributed by atoms with Crippen LogP contribution in [0, 0.1) is 0 Å².